The molecular formula is C19H23ClN2O. The van der Waals surface area contributed by atoms with Gasteiger partial charge in [0, 0.05) is 11.1 Å². The summed E-state index contributed by atoms with van der Waals surface area (Å²) in [6.45, 7) is 3.91. The van der Waals surface area contributed by atoms with Crippen LogP contribution in [0.4, 0.5) is 0 Å². The van der Waals surface area contributed by atoms with E-state index >= 15 is 0 Å². The Bertz CT molecular complexity index is 628. The zero-order chi connectivity index (χ0) is 16.8. The van der Waals surface area contributed by atoms with Crippen molar-refractivity contribution in [3.05, 3.63) is 70.7 Å². The highest BCUT2D eigenvalue weighted by Gasteiger charge is 2.24. The molecule has 3 nitrogen and oxygen atoms in total. The number of carbonyl (C=O) groups excluding carboxylic acids is 1. The fourth-order valence-electron chi connectivity index (χ4n) is 2.55. The summed E-state index contributed by atoms with van der Waals surface area (Å²) < 4.78 is 0. The van der Waals surface area contributed by atoms with Crippen LogP contribution in [-0.4, -0.2) is 5.91 Å². The van der Waals surface area contributed by atoms with Crippen LogP contribution in [0.5, 0.6) is 0 Å². The van der Waals surface area contributed by atoms with Gasteiger partial charge in [0.2, 0.25) is 5.91 Å². The predicted octanol–water partition coefficient (Wildman–Crippen LogP) is 4.24. The van der Waals surface area contributed by atoms with Gasteiger partial charge in [-0.1, -0.05) is 67.9 Å². The van der Waals surface area contributed by atoms with Gasteiger partial charge in [-0.05, 0) is 29.7 Å². The van der Waals surface area contributed by atoms with Gasteiger partial charge in [0.15, 0.2) is 0 Å². The van der Waals surface area contributed by atoms with Crippen LogP contribution in [0.15, 0.2) is 54.6 Å². The summed E-state index contributed by atoms with van der Waals surface area (Å²) in [4.78, 5) is 12.6. The molecule has 2 aromatic rings. The minimum atomic E-state index is -0.320. The van der Waals surface area contributed by atoms with Crippen LogP contribution in [0.1, 0.15) is 43.5 Å². The Morgan fingerprint density at radius 2 is 1.70 bits per heavy atom. The molecule has 4 heteroatoms. The van der Waals surface area contributed by atoms with Crippen LogP contribution >= 0.6 is 11.6 Å². The quantitative estimate of drug-likeness (QED) is 0.832. The lowest BCUT2D eigenvalue weighted by Crippen LogP contribution is -2.37. The Kier molecular flexibility index (Phi) is 6.20. The van der Waals surface area contributed by atoms with Crippen molar-refractivity contribution < 1.29 is 4.79 Å². The number of halogens is 1. The maximum atomic E-state index is 12.6. The van der Waals surface area contributed by atoms with Crippen LogP contribution in [-0.2, 0) is 4.79 Å². The van der Waals surface area contributed by atoms with E-state index in [1.54, 1.807) is 0 Å². The van der Waals surface area contributed by atoms with E-state index in [4.69, 9.17) is 17.3 Å². The van der Waals surface area contributed by atoms with E-state index < -0.39 is 0 Å². The molecular weight excluding hydrogens is 308 g/mol. The lowest BCUT2D eigenvalue weighted by molar-refractivity contribution is -0.126. The molecule has 0 aromatic heterocycles. The SMILES string of the molecule is CCC(NC(=O)C(C)C(N)c1ccccc1)c1ccc(Cl)cc1. The molecule has 3 N–H and O–H groups in total. The van der Waals surface area contributed by atoms with Crippen LogP contribution < -0.4 is 11.1 Å². The van der Waals surface area contributed by atoms with Crippen molar-refractivity contribution in [3.63, 3.8) is 0 Å². The summed E-state index contributed by atoms with van der Waals surface area (Å²) >= 11 is 5.92. The summed E-state index contributed by atoms with van der Waals surface area (Å²) in [5, 5.41) is 3.78. The van der Waals surface area contributed by atoms with E-state index in [1.807, 2.05) is 68.4 Å². The Hall–Kier alpha value is -1.84. The van der Waals surface area contributed by atoms with Gasteiger partial charge in [-0.2, -0.15) is 0 Å². The topological polar surface area (TPSA) is 55.1 Å². The van der Waals surface area contributed by atoms with Crippen molar-refractivity contribution in [1.29, 1.82) is 0 Å². The molecule has 0 radical (unpaired) electrons. The number of benzene rings is 2. The van der Waals surface area contributed by atoms with E-state index in [1.165, 1.54) is 0 Å². The van der Waals surface area contributed by atoms with Crippen molar-refractivity contribution in [2.45, 2.75) is 32.4 Å². The highest BCUT2D eigenvalue weighted by atomic mass is 35.5. The van der Waals surface area contributed by atoms with Crippen LogP contribution in [0.25, 0.3) is 0 Å². The van der Waals surface area contributed by atoms with E-state index in [2.05, 4.69) is 5.32 Å². The first-order valence-corrected chi connectivity index (χ1v) is 8.27. The third kappa shape index (κ3) is 4.57. The van der Waals surface area contributed by atoms with E-state index in [-0.39, 0.29) is 23.9 Å². The van der Waals surface area contributed by atoms with Crippen LogP contribution in [0.3, 0.4) is 0 Å². The molecule has 0 bridgehead atoms. The number of nitrogens with two attached hydrogens (primary N) is 1. The largest absolute Gasteiger partial charge is 0.349 e. The molecule has 23 heavy (non-hydrogen) atoms. The zero-order valence-corrected chi connectivity index (χ0v) is 14.3. The van der Waals surface area contributed by atoms with Crippen molar-refractivity contribution in [2.24, 2.45) is 11.7 Å². The van der Waals surface area contributed by atoms with Gasteiger partial charge in [0.1, 0.15) is 0 Å². The number of hydrogen-bond acceptors (Lipinski definition) is 2. The molecule has 0 spiro atoms. The number of hydrogen-bond donors (Lipinski definition) is 2. The fraction of sp³-hybridized carbons (Fsp3) is 0.316. The van der Waals surface area contributed by atoms with Crippen molar-refractivity contribution in [1.82, 2.24) is 5.32 Å². The van der Waals surface area contributed by atoms with E-state index in [0.717, 1.165) is 17.5 Å². The monoisotopic (exact) mass is 330 g/mol. The highest BCUT2D eigenvalue weighted by molar-refractivity contribution is 6.30. The zero-order valence-electron chi connectivity index (χ0n) is 13.5. The van der Waals surface area contributed by atoms with E-state index in [0.29, 0.717) is 5.02 Å². The van der Waals surface area contributed by atoms with Gasteiger partial charge < -0.3 is 11.1 Å². The normalized spacial score (nSPS) is 14.8. The molecule has 0 fully saturated rings. The summed E-state index contributed by atoms with van der Waals surface area (Å²) in [5.74, 6) is -0.345. The van der Waals surface area contributed by atoms with Crippen LogP contribution in [0, 0.1) is 5.92 Å². The number of amides is 1. The second-order valence-corrected chi connectivity index (χ2v) is 6.18. The average molecular weight is 331 g/mol. The summed E-state index contributed by atoms with van der Waals surface area (Å²) in [6, 6.07) is 16.9. The van der Waals surface area contributed by atoms with Crippen molar-refractivity contribution >= 4 is 17.5 Å². The van der Waals surface area contributed by atoms with Crippen molar-refractivity contribution in [3.8, 4) is 0 Å². The molecule has 0 saturated carbocycles. The molecule has 122 valence electrons. The predicted molar refractivity (Wildman–Crippen MR) is 95.2 cm³/mol. The van der Waals surface area contributed by atoms with Gasteiger partial charge in [0.25, 0.3) is 0 Å². The van der Waals surface area contributed by atoms with E-state index in [9.17, 15) is 4.79 Å². The first-order chi connectivity index (χ1) is 11.0. The fourth-order valence-corrected chi connectivity index (χ4v) is 2.67. The van der Waals surface area contributed by atoms with Gasteiger partial charge in [-0.15, -0.1) is 0 Å². The Labute approximate surface area is 142 Å². The molecule has 0 aliphatic heterocycles. The molecule has 0 aliphatic carbocycles. The molecule has 2 aromatic carbocycles. The van der Waals surface area contributed by atoms with Gasteiger partial charge >= 0.3 is 0 Å². The standard InChI is InChI=1S/C19H23ClN2O/c1-3-17(14-9-11-16(20)12-10-14)22-19(23)13(2)18(21)15-7-5-4-6-8-15/h4-13,17-18H,3,21H2,1-2H3,(H,22,23). The van der Waals surface area contributed by atoms with Gasteiger partial charge in [-0.25, -0.2) is 0 Å². The maximum absolute atomic E-state index is 12.6. The first-order valence-electron chi connectivity index (χ1n) is 7.89. The first kappa shape index (κ1) is 17.5. The Morgan fingerprint density at radius 1 is 1.09 bits per heavy atom. The molecule has 0 heterocycles. The summed E-state index contributed by atoms with van der Waals surface area (Å²) in [5.41, 5.74) is 8.25. The minimum Gasteiger partial charge on any atom is -0.349 e. The van der Waals surface area contributed by atoms with Gasteiger partial charge in [0.05, 0.1) is 12.0 Å². The third-order valence-corrected chi connectivity index (χ3v) is 4.39. The number of nitrogens with one attached hydrogen (secondary N) is 1. The molecule has 0 aliphatic rings. The number of carbonyl (C=O) groups is 1. The second-order valence-electron chi connectivity index (χ2n) is 5.75. The third-order valence-electron chi connectivity index (χ3n) is 4.13. The molecule has 2 rings (SSSR count). The van der Waals surface area contributed by atoms with Crippen LogP contribution in [0.2, 0.25) is 5.02 Å². The molecule has 3 unspecified atom stereocenters. The average Bonchev–Trinajstić information content (AvgIpc) is 2.59. The minimum absolute atomic E-state index is 0.0369. The molecule has 0 saturated heterocycles. The lowest BCUT2D eigenvalue weighted by Gasteiger charge is -2.24. The Balaban J connectivity index is 2.05. The second kappa shape index (κ2) is 8.14. The Morgan fingerprint density at radius 3 is 2.26 bits per heavy atom. The molecule has 1 amide bonds. The highest BCUT2D eigenvalue weighted by Crippen LogP contribution is 2.23. The maximum Gasteiger partial charge on any atom is 0.225 e. The smallest absolute Gasteiger partial charge is 0.225 e. The summed E-state index contributed by atoms with van der Waals surface area (Å²) in [6.07, 6.45) is 0.806. The van der Waals surface area contributed by atoms with Crippen molar-refractivity contribution in [2.75, 3.05) is 0 Å². The molecule has 3 atom stereocenters. The number of rotatable bonds is 6. The summed E-state index contributed by atoms with van der Waals surface area (Å²) in [7, 11) is 0. The lowest BCUT2D eigenvalue weighted by atomic mass is 9.94. The van der Waals surface area contributed by atoms with Gasteiger partial charge in [-0.3, -0.25) is 4.79 Å².